The predicted molar refractivity (Wildman–Crippen MR) is 87.2 cm³/mol. The average molecular weight is 301 g/mol. The Morgan fingerprint density at radius 2 is 2.14 bits per heavy atom. The third kappa shape index (κ3) is 3.30. The number of aryl methyl sites for hydroxylation is 2. The molecular formula is C17H23N3O2. The first kappa shape index (κ1) is 16.1. The molecule has 0 aliphatic heterocycles. The Hall–Kier alpha value is -2.30. The second-order valence-corrected chi connectivity index (χ2v) is 5.52. The van der Waals surface area contributed by atoms with E-state index < -0.39 is 0 Å². The number of benzene rings is 1. The van der Waals surface area contributed by atoms with Crippen LogP contribution in [0.5, 0.6) is 5.75 Å². The molecule has 1 aromatic heterocycles. The number of aromatic nitrogens is 2. The van der Waals surface area contributed by atoms with Crippen LogP contribution >= 0.6 is 0 Å². The molecular weight excluding hydrogens is 278 g/mol. The Kier molecular flexibility index (Phi) is 4.85. The van der Waals surface area contributed by atoms with Crippen molar-refractivity contribution in [2.24, 2.45) is 7.05 Å². The van der Waals surface area contributed by atoms with Crippen LogP contribution in [-0.2, 0) is 7.05 Å². The van der Waals surface area contributed by atoms with Crippen molar-refractivity contribution in [2.45, 2.75) is 33.2 Å². The fraction of sp³-hybridized carbons (Fsp3) is 0.412. The first-order chi connectivity index (χ1) is 10.5. The van der Waals surface area contributed by atoms with Gasteiger partial charge in [0.15, 0.2) is 5.69 Å². The zero-order chi connectivity index (χ0) is 16.3. The number of carbonyl (C=O) groups excluding carboxylic acids is 1. The molecule has 118 valence electrons. The zero-order valence-corrected chi connectivity index (χ0v) is 13.8. The summed E-state index contributed by atoms with van der Waals surface area (Å²) in [6.07, 6.45) is 0.886. The Morgan fingerprint density at radius 3 is 2.77 bits per heavy atom. The third-order valence-electron chi connectivity index (χ3n) is 3.73. The van der Waals surface area contributed by atoms with Crippen molar-refractivity contribution >= 4 is 5.91 Å². The van der Waals surface area contributed by atoms with Crippen LogP contribution in [0.1, 0.15) is 36.3 Å². The van der Waals surface area contributed by atoms with Crippen LogP contribution in [0.3, 0.4) is 0 Å². The van der Waals surface area contributed by atoms with Crippen LogP contribution in [0.25, 0.3) is 11.3 Å². The highest BCUT2D eigenvalue weighted by atomic mass is 16.5. The summed E-state index contributed by atoms with van der Waals surface area (Å²) in [6.45, 7) is 6.04. The largest absolute Gasteiger partial charge is 0.496 e. The molecule has 1 unspecified atom stereocenters. The number of amides is 1. The van der Waals surface area contributed by atoms with E-state index >= 15 is 0 Å². The maximum absolute atomic E-state index is 12.2. The molecule has 0 spiro atoms. The van der Waals surface area contributed by atoms with Crippen molar-refractivity contribution < 1.29 is 9.53 Å². The molecule has 0 aliphatic carbocycles. The van der Waals surface area contributed by atoms with Gasteiger partial charge in [0.1, 0.15) is 5.75 Å². The highest BCUT2D eigenvalue weighted by Crippen LogP contribution is 2.31. The summed E-state index contributed by atoms with van der Waals surface area (Å²) < 4.78 is 7.13. The Balaban J connectivity index is 2.38. The first-order valence-corrected chi connectivity index (χ1v) is 7.46. The highest BCUT2D eigenvalue weighted by Gasteiger charge is 2.17. The topological polar surface area (TPSA) is 56.1 Å². The minimum atomic E-state index is -0.150. The van der Waals surface area contributed by atoms with E-state index in [1.165, 1.54) is 0 Å². The Morgan fingerprint density at radius 1 is 1.41 bits per heavy atom. The second-order valence-electron chi connectivity index (χ2n) is 5.52. The number of ether oxygens (including phenoxy) is 1. The number of rotatable bonds is 5. The number of methoxy groups -OCH3 is 1. The van der Waals surface area contributed by atoms with Crippen molar-refractivity contribution in [1.82, 2.24) is 15.1 Å². The lowest BCUT2D eigenvalue weighted by Crippen LogP contribution is -2.32. The first-order valence-electron chi connectivity index (χ1n) is 7.46. The average Bonchev–Trinajstić information content (AvgIpc) is 2.89. The maximum Gasteiger partial charge on any atom is 0.272 e. The molecule has 1 amide bonds. The number of carbonyl (C=O) groups is 1. The molecule has 2 rings (SSSR count). The molecule has 1 atom stereocenters. The van der Waals surface area contributed by atoms with E-state index in [1.807, 2.05) is 46.0 Å². The Labute approximate surface area is 131 Å². The van der Waals surface area contributed by atoms with Crippen molar-refractivity contribution in [3.63, 3.8) is 0 Å². The zero-order valence-electron chi connectivity index (χ0n) is 13.8. The van der Waals surface area contributed by atoms with E-state index in [0.29, 0.717) is 5.69 Å². The van der Waals surface area contributed by atoms with Gasteiger partial charge in [-0.3, -0.25) is 9.48 Å². The van der Waals surface area contributed by atoms with Gasteiger partial charge in [-0.15, -0.1) is 0 Å². The summed E-state index contributed by atoms with van der Waals surface area (Å²) in [7, 11) is 3.47. The minimum absolute atomic E-state index is 0.131. The van der Waals surface area contributed by atoms with Crippen LogP contribution in [-0.4, -0.2) is 28.8 Å². The van der Waals surface area contributed by atoms with E-state index in [0.717, 1.165) is 29.0 Å². The normalized spacial score (nSPS) is 12.0. The SMILES string of the molecule is CCC(C)NC(=O)c1cc(-c2cc(C)ccc2OC)n(C)n1. The molecule has 0 radical (unpaired) electrons. The van der Waals surface area contributed by atoms with Gasteiger partial charge in [0.25, 0.3) is 5.91 Å². The van der Waals surface area contributed by atoms with Gasteiger partial charge in [-0.05, 0) is 38.5 Å². The lowest BCUT2D eigenvalue weighted by molar-refractivity contribution is 0.0933. The monoisotopic (exact) mass is 301 g/mol. The highest BCUT2D eigenvalue weighted by molar-refractivity contribution is 5.93. The standard InChI is InChI=1S/C17H23N3O2/c1-6-12(3)18-17(21)14-10-15(20(4)19-14)13-9-11(2)7-8-16(13)22-5/h7-10,12H,6H2,1-5H3,(H,18,21). The molecule has 0 bridgehead atoms. The summed E-state index contributed by atoms with van der Waals surface area (Å²) in [5, 5.41) is 7.26. The second kappa shape index (κ2) is 6.64. The van der Waals surface area contributed by atoms with Gasteiger partial charge in [0.05, 0.1) is 12.8 Å². The number of nitrogens with zero attached hydrogens (tertiary/aromatic N) is 2. The molecule has 1 heterocycles. The van der Waals surface area contributed by atoms with E-state index in [2.05, 4.69) is 10.4 Å². The van der Waals surface area contributed by atoms with Crippen LogP contribution < -0.4 is 10.1 Å². The minimum Gasteiger partial charge on any atom is -0.496 e. The van der Waals surface area contributed by atoms with Crippen molar-refractivity contribution in [1.29, 1.82) is 0 Å². The smallest absolute Gasteiger partial charge is 0.272 e. The van der Waals surface area contributed by atoms with E-state index in [9.17, 15) is 4.79 Å². The predicted octanol–water partition coefficient (Wildman–Crippen LogP) is 2.93. The van der Waals surface area contributed by atoms with Gasteiger partial charge < -0.3 is 10.1 Å². The lowest BCUT2D eigenvalue weighted by atomic mass is 10.1. The molecule has 0 aliphatic rings. The van der Waals surface area contributed by atoms with E-state index in [-0.39, 0.29) is 11.9 Å². The maximum atomic E-state index is 12.2. The van der Waals surface area contributed by atoms with Crippen LogP contribution in [0.2, 0.25) is 0 Å². The van der Waals surface area contributed by atoms with E-state index in [4.69, 9.17) is 4.74 Å². The van der Waals surface area contributed by atoms with Crippen LogP contribution in [0, 0.1) is 6.92 Å². The molecule has 1 N–H and O–H groups in total. The summed E-state index contributed by atoms with van der Waals surface area (Å²) in [6, 6.07) is 7.89. The van der Waals surface area contributed by atoms with Crippen molar-refractivity contribution in [3.8, 4) is 17.0 Å². The van der Waals surface area contributed by atoms with Crippen LogP contribution in [0.4, 0.5) is 0 Å². The fourth-order valence-electron chi connectivity index (χ4n) is 2.25. The molecule has 5 nitrogen and oxygen atoms in total. The molecule has 5 heteroatoms. The third-order valence-corrected chi connectivity index (χ3v) is 3.73. The quantitative estimate of drug-likeness (QED) is 0.924. The van der Waals surface area contributed by atoms with Gasteiger partial charge in [-0.2, -0.15) is 5.10 Å². The molecule has 0 fully saturated rings. The van der Waals surface area contributed by atoms with Gasteiger partial charge in [0.2, 0.25) is 0 Å². The van der Waals surface area contributed by atoms with Crippen molar-refractivity contribution in [3.05, 3.63) is 35.5 Å². The lowest BCUT2D eigenvalue weighted by Gasteiger charge is -2.09. The molecule has 2 aromatic rings. The summed E-state index contributed by atoms with van der Waals surface area (Å²) in [5.74, 6) is 0.616. The number of hydrogen-bond acceptors (Lipinski definition) is 3. The van der Waals surface area contributed by atoms with Gasteiger partial charge in [-0.25, -0.2) is 0 Å². The Bertz CT molecular complexity index is 677. The molecule has 1 aromatic carbocycles. The summed E-state index contributed by atoms with van der Waals surface area (Å²) >= 11 is 0. The summed E-state index contributed by atoms with van der Waals surface area (Å²) in [4.78, 5) is 12.2. The fourth-order valence-corrected chi connectivity index (χ4v) is 2.25. The van der Waals surface area contributed by atoms with Crippen LogP contribution in [0.15, 0.2) is 24.3 Å². The van der Waals surface area contributed by atoms with Gasteiger partial charge in [0, 0.05) is 18.7 Å². The molecule has 22 heavy (non-hydrogen) atoms. The van der Waals surface area contributed by atoms with Gasteiger partial charge in [-0.1, -0.05) is 18.6 Å². The number of nitrogens with one attached hydrogen (secondary N) is 1. The van der Waals surface area contributed by atoms with E-state index in [1.54, 1.807) is 17.9 Å². The summed E-state index contributed by atoms with van der Waals surface area (Å²) in [5.41, 5.74) is 3.33. The number of hydrogen-bond donors (Lipinski definition) is 1. The molecule has 0 saturated carbocycles. The van der Waals surface area contributed by atoms with Gasteiger partial charge >= 0.3 is 0 Å². The van der Waals surface area contributed by atoms with Crippen molar-refractivity contribution in [2.75, 3.05) is 7.11 Å². The molecule has 0 saturated heterocycles.